The Bertz CT molecular complexity index is 958. The zero-order chi connectivity index (χ0) is 22.5. The van der Waals surface area contributed by atoms with Gasteiger partial charge in [-0.05, 0) is 25.8 Å². The molecule has 172 valence electrons. The van der Waals surface area contributed by atoms with Crippen LogP contribution >= 0.6 is 11.8 Å². The van der Waals surface area contributed by atoms with Gasteiger partial charge in [-0.15, -0.1) is 10.2 Å². The molecule has 0 radical (unpaired) electrons. The molecule has 4 rings (SSSR count). The molecular weight excluding hydrogens is 436 g/mol. The molecule has 32 heavy (non-hydrogen) atoms. The number of ether oxygens (including phenoxy) is 2. The van der Waals surface area contributed by atoms with Crippen LogP contribution in [-0.2, 0) is 20.8 Å². The monoisotopic (exact) mass is 462 g/mol. The summed E-state index contributed by atoms with van der Waals surface area (Å²) in [5.74, 6) is 0.493. The maximum Gasteiger partial charge on any atom is 0.271 e. The molecule has 2 aliphatic rings. The summed E-state index contributed by atoms with van der Waals surface area (Å²) in [6.45, 7) is 5.89. The van der Waals surface area contributed by atoms with Gasteiger partial charge in [-0.25, -0.2) is 0 Å². The summed E-state index contributed by atoms with van der Waals surface area (Å²) in [7, 11) is 0. The predicted octanol–water partition coefficient (Wildman–Crippen LogP) is 2.32. The van der Waals surface area contributed by atoms with E-state index in [-0.39, 0.29) is 17.7 Å². The van der Waals surface area contributed by atoms with Crippen molar-refractivity contribution in [2.24, 2.45) is 0 Å². The maximum absolute atomic E-state index is 12.8. The lowest BCUT2D eigenvalue weighted by Crippen LogP contribution is -2.38. The number of thioether (sulfide) groups is 1. The standard InChI is InChI=1S/C20H26N6O5S/c1-14(18(27)21-15-4-2-5-16(12-15)26(28)29)32-20-23-22-19(24-7-10-30-11-8-24)25(20)13-17-6-3-9-31-17/h2,4-5,12,14,17H,3,6-11,13H2,1H3,(H,21,27). The minimum Gasteiger partial charge on any atom is -0.378 e. The van der Waals surface area contributed by atoms with Crippen molar-refractivity contribution in [3.8, 4) is 0 Å². The molecule has 1 aromatic carbocycles. The number of morpholine rings is 1. The first-order valence-electron chi connectivity index (χ1n) is 10.6. The first-order valence-corrected chi connectivity index (χ1v) is 11.5. The number of hydrogen-bond donors (Lipinski definition) is 1. The van der Waals surface area contributed by atoms with Crippen LogP contribution in [0.2, 0.25) is 0 Å². The van der Waals surface area contributed by atoms with Crippen LogP contribution in [0, 0.1) is 10.1 Å². The molecule has 1 aromatic heterocycles. The van der Waals surface area contributed by atoms with Crippen LogP contribution in [0.25, 0.3) is 0 Å². The lowest BCUT2D eigenvalue weighted by molar-refractivity contribution is -0.384. The average molecular weight is 463 g/mol. The quantitative estimate of drug-likeness (QED) is 0.357. The molecule has 3 heterocycles. The molecule has 11 nitrogen and oxygen atoms in total. The van der Waals surface area contributed by atoms with Crippen LogP contribution in [0.5, 0.6) is 0 Å². The van der Waals surface area contributed by atoms with Crippen molar-refractivity contribution in [3.05, 3.63) is 34.4 Å². The molecule has 2 aromatic rings. The highest BCUT2D eigenvalue weighted by Gasteiger charge is 2.27. The molecule has 2 unspecified atom stereocenters. The number of non-ortho nitro benzene ring substituents is 1. The van der Waals surface area contributed by atoms with Crippen molar-refractivity contribution in [1.82, 2.24) is 14.8 Å². The fraction of sp³-hybridized carbons (Fsp3) is 0.550. The second kappa shape index (κ2) is 10.3. The topological polar surface area (TPSA) is 125 Å². The highest BCUT2D eigenvalue weighted by Crippen LogP contribution is 2.29. The predicted molar refractivity (Wildman–Crippen MR) is 119 cm³/mol. The van der Waals surface area contributed by atoms with Gasteiger partial charge in [0, 0.05) is 37.5 Å². The molecule has 0 saturated carbocycles. The molecule has 0 spiro atoms. The highest BCUT2D eigenvalue weighted by atomic mass is 32.2. The lowest BCUT2D eigenvalue weighted by Gasteiger charge is -2.28. The first-order chi connectivity index (χ1) is 15.5. The number of aromatic nitrogens is 3. The van der Waals surface area contributed by atoms with Crippen molar-refractivity contribution < 1.29 is 19.2 Å². The third-order valence-corrected chi connectivity index (χ3v) is 6.46. The third-order valence-electron chi connectivity index (χ3n) is 5.38. The SMILES string of the molecule is CC(Sc1nnc(N2CCOCC2)n1CC1CCCO1)C(=O)Nc1cccc([N+](=O)[O-])c1. The Balaban J connectivity index is 1.48. The highest BCUT2D eigenvalue weighted by molar-refractivity contribution is 8.00. The Morgan fingerprint density at radius 1 is 1.34 bits per heavy atom. The second-order valence-corrected chi connectivity index (χ2v) is 8.99. The van der Waals surface area contributed by atoms with Crippen LogP contribution in [0.15, 0.2) is 29.4 Å². The Morgan fingerprint density at radius 3 is 2.88 bits per heavy atom. The molecule has 2 fully saturated rings. The zero-order valence-electron chi connectivity index (χ0n) is 17.8. The second-order valence-electron chi connectivity index (χ2n) is 7.68. The molecule has 2 saturated heterocycles. The van der Waals surface area contributed by atoms with Crippen molar-refractivity contribution in [1.29, 1.82) is 0 Å². The van der Waals surface area contributed by atoms with Gasteiger partial charge in [-0.3, -0.25) is 19.5 Å². The fourth-order valence-electron chi connectivity index (χ4n) is 3.67. The number of amides is 1. The maximum atomic E-state index is 12.8. The number of carbonyl (C=O) groups excluding carboxylic acids is 1. The average Bonchev–Trinajstić information content (AvgIpc) is 3.45. The van der Waals surface area contributed by atoms with Crippen molar-refractivity contribution in [2.45, 2.75) is 42.8 Å². The molecule has 2 atom stereocenters. The van der Waals surface area contributed by atoms with E-state index in [1.807, 2.05) is 4.57 Å². The van der Waals surface area contributed by atoms with Gasteiger partial charge in [0.05, 0.1) is 36.0 Å². The van der Waals surface area contributed by atoms with E-state index in [0.29, 0.717) is 30.6 Å². The van der Waals surface area contributed by atoms with Gasteiger partial charge in [-0.1, -0.05) is 17.8 Å². The molecule has 1 amide bonds. The molecule has 0 bridgehead atoms. The number of hydrogen-bond acceptors (Lipinski definition) is 9. The first kappa shape index (κ1) is 22.5. The smallest absolute Gasteiger partial charge is 0.271 e. The van der Waals surface area contributed by atoms with Gasteiger partial charge in [0.2, 0.25) is 11.9 Å². The number of anilines is 2. The third kappa shape index (κ3) is 5.37. The Morgan fingerprint density at radius 2 is 2.16 bits per heavy atom. The van der Waals surface area contributed by atoms with E-state index in [1.165, 1.54) is 23.9 Å². The largest absolute Gasteiger partial charge is 0.378 e. The minimum absolute atomic E-state index is 0.0745. The Labute approximate surface area is 189 Å². The summed E-state index contributed by atoms with van der Waals surface area (Å²) in [6.07, 6.45) is 2.11. The van der Waals surface area contributed by atoms with Crippen molar-refractivity contribution >= 4 is 35.0 Å². The number of carbonyl (C=O) groups is 1. The van der Waals surface area contributed by atoms with Gasteiger partial charge in [-0.2, -0.15) is 0 Å². The Hall–Kier alpha value is -2.70. The number of nitrogens with zero attached hydrogens (tertiary/aromatic N) is 5. The van der Waals surface area contributed by atoms with E-state index in [0.717, 1.165) is 38.5 Å². The molecular formula is C20H26N6O5S. The molecule has 1 N–H and O–H groups in total. The van der Waals surface area contributed by atoms with Gasteiger partial charge in [0.15, 0.2) is 5.16 Å². The van der Waals surface area contributed by atoms with Crippen molar-refractivity contribution in [3.63, 3.8) is 0 Å². The van der Waals surface area contributed by atoms with Crippen molar-refractivity contribution in [2.75, 3.05) is 43.1 Å². The number of rotatable bonds is 8. The number of benzene rings is 1. The van der Waals surface area contributed by atoms with Crippen LogP contribution in [0.3, 0.4) is 0 Å². The van der Waals surface area contributed by atoms with E-state index >= 15 is 0 Å². The molecule has 12 heteroatoms. The van der Waals surface area contributed by atoms with Crippen LogP contribution in [0.1, 0.15) is 19.8 Å². The van der Waals surface area contributed by atoms with Gasteiger partial charge >= 0.3 is 0 Å². The number of nitro benzene ring substituents is 1. The van der Waals surface area contributed by atoms with Crippen LogP contribution < -0.4 is 10.2 Å². The lowest BCUT2D eigenvalue weighted by atomic mass is 10.2. The Kier molecular flexibility index (Phi) is 7.22. The van der Waals surface area contributed by atoms with E-state index in [2.05, 4.69) is 20.4 Å². The number of nitrogens with one attached hydrogen (secondary N) is 1. The summed E-state index contributed by atoms with van der Waals surface area (Å²) in [6, 6.07) is 5.89. The van der Waals surface area contributed by atoms with Crippen LogP contribution in [0.4, 0.5) is 17.3 Å². The van der Waals surface area contributed by atoms with Gasteiger partial charge in [0.25, 0.3) is 5.69 Å². The summed E-state index contributed by atoms with van der Waals surface area (Å²) < 4.78 is 13.3. The van der Waals surface area contributed by atoms with E-state index in [1.54, 1.807) is 19.1 Å². The summed E-state index contributed by atoms with van der Waals surface area (Å²) in [5, 5.41) is 22.7. The minimum atomic E-state index is -0.492. The van der Waals surface area contributed by atoms with E-state index in [4.69, 9.17) is 9.47 Å². The van der Waals surface area contributed by atoms with Gasteiger partial charge < -0.3 is 19.7 Å². The summed E-state index contributed by atoms with van der Waals surface area (Å²) >= 11 is 1.31. The molecule has 2 aliphatic heterocycles. The van der Waals surface area contributed by atoms with Gasteiger partial charge in [0.1, 0.15) is 0 Å². The molecule has 0 aliphatic carbocycles. The van der Waals surface area contributed by atoms with Crippen LogP contribution in [-0.4, -0.2) is 69.9 Å². The zero-order valence-corrected chi connectivity index (χ0v) is 18.6. The summed E-state index contributed by atoms with van der Waals surface area (Å²) in [4.78, 5) is 25.4. The van der Waals surface area contributed by atoms with E-state index in [9.17, 15) is 14.9 Å². The fourth-order valence-corrected chi connectivity index (χ4v) is 4.52. The van der Waals surface area contributed by atoms with E-state index < -0.39 is 10.2 Å². The summed E-state index contributed by atoms with van der Waals surface area (Å²) in [5.41, 5.74) is 0.307. The normalized spacial score (nSPS) is 19.7. The number of nitro groups is 1.